The fourth-order valence-corrected chi connectivity index (χ4v) is 6.99. The third-order valence-electron chi connectivity index (χ3n) is 9.40. The molecule has 6 N–H and O–H groups in total. The molecule has 2 aromatic carbocycles. The first-order valence-electron chi connectivity index (χ1n) is 15.4. The Hall–Kier alpha value is -4.12. The number of para-hydroxylation sites is 1. The van der Waals surface area contributed by atoms with Crippen LogP contribution in [0.15, 0.2) is 42.5 Å². The van der Waals surface area contributed by atoms with Crippen LogP contribution in [-0.2, 0) is 31.8 Å². The highest BCUT2D eigenvalue weighted by Gasteiger charge is 2.44. The number of aryl methyl sites for hydroxylation is 1. The van der Waals surface area contributed by atoms with Gasteiger partial charge in [-0.3, -0.25) is 33.4 Å². The Morgan fingerprint density at radius 2 is 1.80 bits per heavy atom. The Bertz CT molecular complexity index is 1780. The number of hydrogen-bond acceptors (Lipinski definition) is 6. The zero-order chi connectivity index (χ0) is 33.5. The molecule has 0 spiro atoms. The second-order valence-electron chi connectivity index (χ2n) is 12.8. The van der Waals surface area contributed by atoms with Crippen molar-refractivity contribution in [2.75, 3.05) is 4.90 Å². The summed E-state index contributed by atoms with van der Waals surface area (Å²) < 4.78 is 11.4. The summed E-state index contributed by atoms with van der Waals surface area (Å²) in [5.74, 6) is -1.86. The number of aromatic nitrogens is 1. The van der Waals surface area contributed by atoms with E-state index in [1.54, 1.807) is 4.90 Å². The van der Waals surface area contributed by atoms with Crippen molar-refractivity contribution >= 4 is 53.2 Å². The maximum absolute atomic E-state index is 14.2. The number of nitrogens with zero attached hydrogens (tertiary/aromatic N) is 1. The van der Waals surface area contributed by atoms with Crippen molar-refractivity contribution in [2.45, 2.75) is 71.4 Å². The molecule has 244 valence electrons. The van der Waals surface area contributed by atoms with Gasteiger partial charge in [0, 0.05) is 47.7 Å². The van der Waals surface area contributed by atoms with Gasteiger partial charge in [0.25, 0.3) is 5.52 Å². The standard InChI is InChI=1S/C33H39N4O8P/c1-17(2)18(3)24(11-12-29(34)39)36-31(40)27-15-20-6-4-5-19-7-8-21(32(41)37(27)30(19)20)16-28(38)26-14-23-13-22(9-10-25(23)35-26)33(42)46(43,44)45/h4-6,9-10,13-14,17-18,21,24,27,35H,7-8,11-12,15-16H2,1-3H3,(H2,34,39)(H,36,40)(H2,43,44,45)/t18-,21+,24-,27-/m0/s1. The van der Waals surface area contributed by atoms with Crippen LogP contribution in [0.5, 0.6) is 0 Å². The lowest BCUT2D eigenvalue weighted by molar-refractivity contribution is -0.128. The van der Waals surface area contributed by atoms with Crippen LogP contribution in [0.4, 0.5) is 5.69 Å². The van der Waals surface area contributed by atoms with Crippen LogP contribution >= 0.6 is 7.60 Å². The summed E-state index contributed by atoms with van der Waals surface area (Å²) in [6, 6.07) is 10.2. The Morgan fingerprint density at radius 1 is 1.09 bits per heavy atom. The highest BCUT2D eigenvalue weighted by atomic mass is 31.2. The highest BCUT2D eigenvalue weighted by Crippen LogP contribution is 2.42. The van der Waals surface area contributed by atoms with Gasteiger partial charge in [-0.25, -0.2) is 0 Å². The number of aromatic amines is 1. The van der Waals surface area contributed by atoms with E-state index in [0.717, 1.165) is 16.8 Å². The molecule has 0 fully saturated rings. The average Bonchev–Trinajstić information content (AvgIpc) is 3.58. The van der Waals surface area contributed by atoms with Crippen molar-refractivity contribution in [2.24, 2.45) is 23.5 Å². The van der Waals surface area contributed by atoms with E-state index in [1.165, 1.54) is 24.3 Å². The van der Waals surface area contributed by atoms with Gasteiger partial charge in [-0.05, 0) is 66.5 Å². The van der Waals surface area contributed by atoms with Crippen molar-refractivity contribution in [3.05, 3.63) is 64.8 Å². The number of benzene rings is 2. The predicted octanol–water partition coefficient (Wildman–Crippen LogP) is 3.62. The van der Waals surface area contributed by atoms with Gasteiger partial charge in [0.05, 0.1) is 11.4 Å². The van der Waals surface area contributed by atoms with E-state index in [9.17, 15) is 38.3 Å². The molecule has 2 aliphatic rings. The second-order valence-corrected chi connectivity index (χ2v) is 14.3. The van der Waals surface area contributed by atoms with Crippen molar-refractivity contribution in [3.63, 3.8) is 0 Å². The minimum atomic E-state index is -4.98. The Labute approximate surface area is 266 Å². The van der Waals surface area contributed by atoms with Crippen LogP contribution < -0.4 is 16.0 Å². The molecule has 0 saturated carbocycles. The number of primary amides is 1. The quantitative estimate of drug-likeness (QED) is 0.145. The number of amides is 3. The fourth-order valence-electron chi connectivity index (χ4n) is 6.51. The molecule has 0 aliphatic carbocycles. The molecule has 0 radical (unpaired) electrons. The van der Waals surface area contributed by atoms with Crippen molar-refractivity contribution in [1.29, 1.82) is 0 Å². The first-order valence-corrected chi connectivity index (χ1v) is 17.1. The van der Waals surface area contributed by atoms with E-state index in [2.05, 4.69) is 10.3 Å². The van der Waals surface area contributed by atoms with Crippen LogP contribution in [0.1, 0.15) is 78.4 Å². The van der Waals surface area contributed by atoms with Crippen LogP contribution in [0.25, 0.3) is 10.9 Å². The van der Waals surface area contributed by atoms with Gasteiger partial charge >= 0.3 is 7.60 Å². The number of nitrogens with one attached hydrogen (secondary N) is 2. The lowest BCUT2D eigenvalue weighted by Gasteiger charge is -2.32. The number of Topliss-reactive ketones (excluding diaryl/α,β-unsaturated/α-hetero) is 1. The molecule has 3 amide bonds. The highest BCUT2D eigenvalue weighted by molar-refractivity contribution is 7.70. The van der Waals surface area contributed by atoms with Crippen LogP contribution in [0.2, 0.25) is 0 Å². The number of hydrogen-bond donors (Lipinski definition) is 5. The minimum absolute atomic E-state index is 0.0511. The molecule has 0 saturated heterocycles. The van der Waals surface area contributed by atoms with Gasteiger partial charge in [-0.1, -0.05) is 39.0 Å². The van der Waals surface area contributed by atoms with E-state index < -0.39 is 31.0 Å². The normalized spacial score (nSPS) is 19.1. The Balaban J connectivity index is 1.38. The third kappa shape index (κ3) is 6.70. The maximum Gasteiger partial charge on any atom is 0.396 e. The third-order valence-corrected chi connectivity index (χ3v) is 10.2. The van der Waals surface area contributed by atoms with E-state index in [-0.39, 0.29) is 59.6 Å². The summed E-state index contributed by atoms with van der Waals surface area (Å²) in [5, 5.41) is 3.53. The number of anilines is 1. The summed E-state index contributed by atoms with van der Waals surface area (Å²) in [7, 11) is -4.98. The first kappa shape index (κ1) is 33.2. The van der Waals surface area contributed by atoms with E-state index in [4.69, 9.17) is 5.73 Å². The predicted molar refractivity (Wildman–Crippen MR) is 171 cm³/mol. The molecular weight excluding hydrogens is 611 g/mol. The summed E-state index contributed by atoms with van der Waals surface area (Å²) in [5.41, 5.74) is 7.16. The van der Waals surface area contributed by atoms with Gasteiger partial charge < -0.3 is 25.8 Å². The van der Waals surface area contributed by atoms with Gasteiger partial charge in [0.1, 0.15) is 6.04 Å². The molecule has 1 aromatic heterocycles. The summed E-state index contributed by atoms with van der Waals surface area (Å²) >= 11 is 0. The molecule has 3 heterocycles. The second kappa shape index (κ2) is 12.9. The average molecular weight is 651 g/mol. The SMILES string of the molecule is CC(C)[C@H](C)[C@H](CCC(N)=O)NC(=O)[C@@H]1Cc2cccc3c2N1C(=O)[C@@H](CC(=O)c1cc2cc(C(=O)P(=O)(O)O)ccc2[nH]1)CC3. The van der Waals surface area contributed by atoms with Gasteiger partial charge in [-0.2, -0.15) is 0 Å². The number of fused-ring (bicyclic) bond motifs is 1. The topological polar surface area (TPSA) is 200 Å². The summed E-state index contributed by atoms with van der Waals surface area (Å²) in [4.78, 5) is 88.3. The number of rotatable bonds is 12. The van der Waals surface area contributed by atoms with Crippen molar-refractivity contribution in [3.8, 4) is 0 Å². The van der Waals surface area contributed by atoms with Crippen LogP contribution in [0, 0.1) is 17.8 Å². The minimum Gasteiger partial charge on any atom is -0.370 e. The number of nitrogens with two attached hydrogens (primary N) is 1. The van der Waals surface area contributed by atoms with Crippen molar-refractivity contribution in [1.82, 2.24) is 10.3 Å². The monoisotopic (exact) mass is 650 g/mol. The van der Waals surface area contributed by atoms with Gasteiger partial charge in [0.15, 0.2) is 5.78 Å². The number of carbonyl (C=O) groups is 5. The Kier molecular flexibility index (Phi) is 9.35. The first-order chi connectivity index (χ1) is 21.6. The summed E-state index contributed by atoms with van der Waals surface area (Å²) in [6.45, 7) is 6.09. The molecule has 13 heteroatoms. The number of carbonyl (C=O) groups excluding carboxylic acids is 5. The van der Waals surface area contributed by atoms with Crippen LogP contribution in [0.3, 0.4) is 0 Å². The molecule has 0 bridgehead atoms. The van der Waals surface area contributed by atoms with E-state index in [0.29, 0.717) is 36.6 Å². The molecular formula is C33H39N4O8P. The number of ketones is 1. The molecule has 4 atom stereocenters. The Morgan fingerprint density at radius 3 is 2.48 bits per heavy atom. The molecule has 3 aromatic rings. The molecule has 12 nitrogen and oxygen atoms in total. The van der Waals surface area contributed by atoms with Gasteiger partial charge in [0.2, 0.25) is 17.7 Å². The lowest BCUT2D eigenvalue weighted by Crippen LogP contribution is -2.53. The van der Waals surface area contributed by atoms with E-state index >= 15 is 0 Å². The zero-order valence-electron chi connectivity index (χ0n) is 26.0. The van der Waals surface area contributed by atoms with Gasteiger partial charge in [-0.15, -0.1) is 0 Å². The maximum atomic E-state index is 14.2. The molecule has 2 aliphatic heterocycles. The molecule has 46 heavy (non-hydrogen) atoms. The molecule has 5 rings (SSSR count). The lowest BCUT2D eigenvalue weighted by atomic mass is 9.87. The number of H-pyrrole nitrogens is 1. The van der Waals surface area contributed by atoms with Crippen LogP contribution in [-0.4, -0.2) is 55.9 Å². The fraction of sp³-hybridized carbons (Fsp3) is 0.424. The van der Waals surface area contributed by atoms with E-state index in [1.807, 2.05) is 39.0 Å². The summed E-state index contributed by atoms with van der Waals surface area (Å²) in [6.07, 6.45) is 1.66. The largest absolute Gasteiger partial charge is 0.396 e. The van der Waals surface area contributed by atoms with Crippen molar-refractivity contribution < 1.29 is 38.3 Å². The smallest absolute Gasteiger partial charge is 0.370 e. The molecule has 0 unspecified atom stereocenters. The zero-order valence-corrected chi connectivity index (χ0v) is 26.9.